The normalized spacial score (nSPS) is 18.1. The van der Waals surface area contributed by atoms with Crippen LogP contribution in [0.25, 0.3) is 0 Å². The zero-order chi connectivity index (χ0) is 19.2. The maximum Gasteiger partial charge on any atom is 0.309 e. The first-order valence-corrected chi connectivity index (χ1v) is 9.74. The number of hydrogen-bond donors (Lipinski definition) is 2. The van der Waals surface area contributed by atoms with E-state index in [0.29, 0.717) is 18.1 Å². The van der Waals surface area contributed by atoms with Gasteiger partial charge >= 0.3 is 11.8 Å². The molecule has 0 spiro atoms. The van der Waals surface area contributed by atoms with Crippen molar-refractivity contribution in [2.24, 2.45) is 0 Å². The van der Waals surface area contributed by atoms with Crippen LogP contribution < -0.4 is 10.6 Å². The number of nitrogens with one attached hydrogen (secondary N) is 2. The van der Waals surface area contributed by atoms with Gasteiger partial charge in [0.15, 0.2) is 0 Å². The lowest BCUT2D eigenvalue weighted by Gasteiger charge is -2.34. The minimum atomic E-state index is -3.83. The molecule has 2 amide bonds. The maximum atomic E-state index is 12.8. The Morgan fingerprint density at radius 1 is 1.27 bits per heavy atom. The summed E-state index contributed by atoms with van der Waals surface area (Å²) in [4.78, 5) is 23.4. The second-order valence-corrected chi connectivity index (χ2v) is 7.78. The summed E-state index contributed by atoms with van der Waals surface area (Å²) in [7, 11) is -3.83. The Labute approximate surface area is 157 Å². The smallest absolute Gasteiger partial charge is 0.309 e. The molecule has 0 bridgehead atoms. The highest BCUT2D eigenvalue weighted by molar-refractivity contribution is 7.89. The lowest BCUT2D eigenvalue weighted by Crippen LogP contribution is -2.53. The highest BCUT2D eigenvalue weighted by atomic mass is 35.5. The predicted molar refractivity (Wildman–Crippen MR) is 95.9 cm³/mol. The van der Waals surface area contributed by atoms with Crippen LogP contribution in [-0.2, 0) is 24.3 Å². The van der Waals surface area contributed by atoms with Crippen LogP contribution in [0.4, 0.5) is 0 Å². The largest absolute Gasteiger partial charge is 0.360 e. The number of rotatable bonds is 6. The van der Waals surface area contributed by atoms with E-state index in [9.17, 15) is 18.0 Å². The van der Waals surface area contributed by atoms with Gasteiger partial charge in [0, 0.05) is 18.1 Å². The van der Waals surface area contributed by atoms with E-state index in [-0.39, 0.29) is 24.5 Å². The number of benzene rings is 1. The molecule has 1 aromatic carbocycles. The molecule has 142 valence electrons. The fraction of sp³-hybridized carbons (Fsp3) is 0.375. The van der Waals surface area contributed by atoms with E-state index in [2.05, 4.69) is 17.2 Å². The van der Waals surface area contributed by atoms with Crippen molar-refractivity contribution < 1.29 is 22.7 Å². The molecule has 26 heavy (non-hydrogen) atoms. The molecule has 2 N–H and O–H groups in total. The highest BCUT2D eigenvalue weighted by Gasteiger charge is 2.34. The van der Waals surface area contributed by atoms with Crippen molar-refractivity contribution in [1.82, 2.24) is 14.9 Å². The third-order valence-electron chi connectivity index (χ3n) is 3.62. The third kappa shape index (κ3) is 5.04. The van der Waals surface area contributed by atoms with Gasteiger partial charge in [0.05, 0.1) is 18.0 Å². The summed E-state index contributed by atoms with van der Waals surface area (Å²) in [6.07, 6.45) is 1.06. The molecule has 0 aliphatic carbocycles. The first-order chi connectivity index (χ1) is 12.4. The molecule has 1 aliphatic heterocycles. The number of ether oxygens (including phenoxy) is 1. The van der Waals surface area contributed by atoms with Crippen LogP contribution >= 0.6 is 11.6 Å². The van der Waals surface area contributed by atoms with Crippen LogP contribution in [0.5, 0.6) is 0 Å². The number of carbonyl (C=O) groups excluding carboxylic acids is 2. The lowest BCUT2D eigenvalue weighted by molar-refractivity contribution is -0.140. The highest BCUT2D eigenvalue weighted by Crippen LogP contribution is 2.23. The minimum Gasteiger partial charge on any atom is -0.360 e. The van der Waals surface area contributed by atoms with Crippen molar-refractivity contribution in [2.75, 3.05) is 26.2 Å². The van der Waals surface area contributed by atoms with E-state index >= 15 is 0 Å². The topological polar surface area (TPSA) is 105 Å². The van der Waals surface area contributed by atoms with E-state index in [1.807, 2.05) is 0 Å². The fourth-order valence-corrected chi connectivity index (χ4v) is 4.04. The van der Waals surface area contributed by atoms with Crippen LogP contribution in [0.2, 0.25) is 5.02 Å². The van der Waals surface area contributed by atoms with Crippen molar-refractivity contribution in [1.29, 1.82) is 0 Å². The van der Waals surface area contributed by atoms with Crippen molar-refractivity contribution in [2.45, 2.75) is 17.5 Å². The van der Waals surface area contributed by atoms with Crippen molar-refractivity contribution in [3.63, 3.8) is 0 Å². The summed E-state index contributed by atoms with van der Waals surface area (Å²) in [6.45, 7) is 4.05. The molecule has 1 aromatic rings. The van der Waals surface area contributed by atoms with E-state index < -0.39 is 28.1 Å². The number of carbonyl (C=O) groups is 2. The summed E-state index contributed by atoms with van der Waals surface area (Å²) in [5.41, 5.74) is 0. The van der Waals surface area contributed by atoms with Gasteiger partial charge in [0.1, 0.15) is 6.23 Å². The van der Waals surface area contributed by atoms with Gasteiger partial charge < -0.3 is 15.4 Å². The zero-order valence-electron chi connectivity index (χ0n) is 14.0. The van der Waals surface area contributed by atoms with E-state index in [1.54, 1.807) is 0 Å². The monoisotopic (exact) mass is 401 g/mol. The van der Waals surface area contributed by atoms with Crippen molar-refractivity contribution >= 4 is 33.4 Å². The van der Waals surface area contributed by atoms with Gasteiger partial charge in [-0.3, -0.25) is 9.59 Å². The molecule has 1 atom stereocenters. The van der Waals surface area contributed by atoms with Crippen molar-refractivity contribution in [3.8, 4) is 0 Å². The Kier molecular flexibility index (Phi) is 7.15. The molecule has 10 heteroatoms. The van der Waals surface area contributed by atoms with E-state index in [4.69, 9.17) is 16.3 Å². The standard InChI is InChI=1S/C16H20ClN3O5S/c1-2-8-18-15(21)16(22)19-11-14-20(9-3-10-25-14)26(23,24)13-6-4-12(17)5-7-13/h2,4-7,14H,1,3,8-11H2,(H,18,21)(H,19,22). The van der Waals surface area contributed by atoms with Crippen LogP contribution in [0.15, 0.2) is 41.8 Å². The average molecular weight is 402 g/mol. The Morgan fingerprint density at radius 3 is 2.58 bits per heavy atom. The van der Waals surface area contributed by atoms with Crippen LogP contribution in [0.1, 0.15) is 6.42 Å². The van der Waals surface area contributed by atoms with Crippen LogP contribution in [0.3, 0.4) is 0 Å². The average Bonchev–Trinajstić information content (AvgIpc) is 2.64. The summed E-state index contributed by atoms with van der Waals surface area (Å²) >= 11 is 5.80. The van der Waals surface area contributed by atoms with Gasteiger partial charge in [-0.2, -0.15) is 4.31 Å². The maximum absolute atomic E-state index is 12.8. The number of halogens is 1. The quantitative estimate of drug-likeness (QED) is 0.533. The second-order valence-electron chi connectivity index (χ2n) is 5.46. The van der Waals surface area contributed by atoms with Gasteiger partial charge in [0.25, 0.3) is 0 Å². The number of sulfonamides is 1. The number of amides is 2. The summed E-state index contributed by atoms with van der Waals surface area (Å²) in [6, 6.07) is 5.79. The Morgan fingerprint density at radius 2 is 1.92 bits per heavy atom. The minimum absolute atomic E-state index is 0.0763. The predicted octanol–water partition coefficient (Wildman–Crippen LogP) is 0.496. The third-order valence-corrected chi connectivity index (χ3v) is 5.78. The molecular weight excluding hydrogens is 382 g/mol. The summed E-state index contributed by atoms with van der Waals surface area (Å²) < 4.78 is 32.3. The zero-order valence-corrected chi connectivity index (χ0v) is 15.6. The second kappa shape index (κ2) is 9.13. The molecular formula is C16H20ClN3O5S. The van der Waals surface area contributed by atoms with E-state index in [1.165, 1.54) is 34.6 Å². The van der Waals surface area contributed by atoms with Gasteiger partial charge in [-0.15, -0.1) is 6.58 Å². The molecule has 1 saturated heterocycles. The molecule has 1 heterocycles. The van der Waals surface area contributed by atoms with Crippen LogP contribution in [-0.4, -0.2) is 57.0 Å². The number of nitrogens with zero attached hydrogens (tertiary/aromatic N) is 1. The Bertz CT molecular complexity index is 767. The van der Waals surface area contributed by atoms with Gasteiger partial charge in [0.2, 0.25) is 10.0 Å². The van der Waals surface area contributed by atoms with Gasteiger partial charge in [-0.25, -0.2) is 8.42 Å². The summed E-state index contributed by atoms with van der Waals surface area (Å²) in [5.74, 6) is -1.70. The number of hydrogen-bond acceptors (Lipinski definition) is 5. The van der Waals surface area contributed by atoms with Crippen molar-refractivity contribution in [3.05, 3.63) is 41.9 Å². The first-order valence-electron chi connectivity index (χ1n) is 7.92. The van der Waals surface area contributed by atoms with Gasteiger partial charge in [-0.1, -0.05) is 17.7 Å². The molecule has 1 unspecified atom stereocenters. The molecule has 0 saturated carbocycles. The van der Waals surface area contributed by atoms with E-state index in [0.717, 1.165) is 0 Å². The first kappa shape index (κ1) is 20.4. The summed E-state index contributed by atoms with van der Waals surface area (Å²) in [5, 5.41) is 5.15. The molecule has 8 nitrogen and oxygen atoms in total. The molecule has 1 aliphatic rings. The van der Waals surface area contributed by atoms with Gasteiger partial charge in [-0.05, 0) is 30.7 Å². The Hall–Kier alpha value is -1.94. The molecule has 0 radical (unpaired) electrons. The SMILES string of the molecule is C=CCNC(=O)C(=O)NCC1OCCCN1S(=O)(=O)c1ccc(Cl)cc1. The molecule has 2 rings (SSSR count). The van der Waals surface area contributed by atoms with Crippen LogP contribution in [0, 0.1) is 0 Å². The molecule has 0 aromatic heterocycles. The molecule has 1 fully saturated rings. The Balaban J connectivity index is 2.07. The lowest BCUT2D eigenvalue weighted by atomic mass is 10.3. The fourth-order valence-electron chi connectivity index (χ4n) is 2.35.